The maximum atomic E-state index is 9.16. The molecule has 2 atom stereocenters. The zero-order valence-electron chi connectivity index (χ0n) is 10.2. The van der Waals surface area contributed by atoms with Crippen LogP contribution in [0.2, 0.25) is 0 Å². The molecule has 0 saturated carbocycles. The molecule has 86 valence electrons. The van der Waals surface area contributed by atoms with E-state index < -0.39 is 0 Å². The minimum absolute atomic E-state index is 0.132. The van der Waals surface area contributed by atoms with Gasteiger partial charge in [-0.25, -0.2) is 0 Å². The van der Waals surface area contributed by atoms with Gasteiger partial charge in [0.25, 0.3) is 0 Å². The topological polar surface area (TPSA) is 49.5 Å². The normalized spacial score (nSPS) is 17.1. The highest BCUT2D eigenvalue weighted by Crippen LogP contribution is 2.19. The molecular formula is C11H26N2O. The summed E-state index contributed by atoms with van der Waals surface area (Å²) >= 11 is 0. The van der Waals surface area contributed by atoms with Gasteiger partial charge >= 0.3 is 0 Å². The Bertz CT molecular complexity index is 155. The van der Waals surface area contributed by atoms with Gasteiger partial charge in [0.05, 0.1) is 6.10 Å². The molecule has 0 radical (unpaired) electrons. The SMILES string of the molecule is CC(O)CCN(C)CC(C)(C)C(C)N. The van der Waals surface area contributed by atoms with E-state index in [2.05, 4.69) is 25.8 Å². The standard InChI is InChI=1S/C11H26N2O/c1-9(14)6-7-13(5)8-11(3,4)10(2)12/h9-10,14H,6-8,12H2,1-5H3. The van der Waals surface area contributed by atoms with Crippen LogP contribution in [-0.2, 0) is 0 Å². The number of nitrogens with zero attached hydrogens (tertiary/aromatic N) is 1. The smallest absolute Gasteiger partial charge is 0.0524 e. The number of nitrogens with two attached hydrogens (primary N) is 1. The average Bonchev–Trinajstić information content (AvgIpc) is 1.99. The van der Waals surface area contributed by atoms with Crippen molar-refractivity contribution in [2.75, 3.05) is 20.1 Å². The lowest BCUT2D eigenvalue weighted by Crippen LogP contribution is -2.43. The molecule has 0 aromatic heterocycles. The van der Waals surface area contributed by atoms with E-state index in [0.717, 1.165) is 19.5 Å². The van der Waals surface area contributed by atoms with Crippen LogP contribution in [0.5, 0.6) is 0 Å². The van der Waals surface area contributed by atoms with Crippen LogP contribution in [0.4, 0.5) is 0 Å². The second kappa shape index (κ2) is 5.69. The Kier molecular flexibility index (Phi) is 5.64. The largest absolute Gasteiger partial charge is 0.393 e. The van der Waals surface area contributed by atoms with Crippen LogP contribution < -0.4 is 5.73 Å². The molecule has 3 nitrogen and oxygen atoms in total. The Morgan fingerprint density at radius 1 is 1.36 bits per heavy atom. The Hall–Kier alpha value is -0.120. The van der Waals surface area contributed by atoms with Crippen molar-refractivity contribution in [3.8, 4) is 0 Å². The first-order valence-electron chi connectivity index (χ1n) is 5.38. The van der Waals surface area contributed by atoms with Gasteiger partial charge in [0, 0.05) is 19.1 Å². The number of aliphatic hydroxyl groups is 1. The molecule has 0 aromatic rings. The Balaban J connectivity index is 3.87. The zero-order valence-corrected chi connectivity index (χ0v) is 10.2. The van der Waals surface area contributed by atoms with Gasteiger partial charge < -0.3 is 15.7 Å². The molecule has 0 bridgehead atoms. The van der Waals surface area contributed by atoms with Crippen molar-refractivity contribution < 1.29 is 5.11 Å². The van der Waals surface area contributed by atoms with Crippen LogP contribution in [0.25, 0.3) is 0 Å². The lowest BCUT2D eigenvalue weighted by atomic mass is 9.85. The number of hydrogen-bond donors (Lipinski definition) is 2. The summed E-state index contributed by atoms with van der Waals surface area (Å²) in [5.74, 6) is 0. The molecule has 3 N–H and O–H groups in total. The van der Waals surface area contributed by atoms with Gasteiger partial charge in [0.2, 0.25) is 0 Å². The third-order valence-electron chi connectivity index (χ3n) is 2.84. The van der Waals surface area contributed by atoms with Crippen molar-refractivity contribution in [2.24, 2.45) is 11.1 Å². The summed E-state index contributed by atoms with van der Waals surface area (Å²) in [5.41, 5.74) is 6.03. The molecule has 0 heterocycles. The van der Waals surface area contributed by atoms with E-state index in [1.165, 1.54) is 0 Å². The molecule has 0 aliphatic carbocycles. The fourth-order valence-corrected chi connectivity index (χ4v) is 1.33. The average molecular weight is 202 g/mol. The number of rotatable bonds is 6. The molecule has 0 aliphatic heterocycles. The quantitative estimate of drug-likeness (QED) is 0.677. The molecule has 0 rings (SSSR count). The third-order valence-corrected chi connectivity index (χ3v) is 2.84. The van der Waals surface area contributed by atoms with Crippen LogP contribution in [0.1, 0.15) is 34.1 Å². The molecule has 0 spiro atoms. The van der Waals surface area contributed by atoms with Gasteiger partial charge in [-0.1, -0.05) is 13.8 Å². The zero-order chi connectivity index (χ0) is 11.4. The highest BCUT2D eigenvalue weighted by Gasteiger charge is 2.24. The van der Waals surface area contributed by atoms with Crippen LogP contribution in [-0.4, -0.2) is 42.3 Å². The first kappa shape index (κ1) is 13.9. The van der Waals surface area contributed by atoms with E-state index in [-0.39, 0.29) is 17.6 Å². The first-order valence-corrected chi connectivity index (χ1v) is 5.38. The third kappa shape index (κ3) is 5.58. The van der Waals surface area contributed by atoms with Gasteiger partial charge in [-0.05, 0) is 32.7 Å². The van der Waals surface area contributed by atoms with E-state index in [9.17, 15) is 0 Å². The van der Waals surface area contributed by atoms with Crippen LogP contribution in [0.3, 0.4) is 0 Å². The minimum atomic E-state index is -0.212. The summed E-state index contributed by atoms with van der Waals surface area (Å²) in [5, 5.41) is 9.16. The lowest BCUT2D eigenvalue weighted by molar-refractivity contribution is 0.138. The maximum Gasteiger partial charge on any atom is 0.0524 e. The highest BCUT2D eigenvalue weighted by molar-refractivity contribution is 4.80. The van der Waals surface area contributed by atoms with Crippen molar-refractivity contribution in [3.05, 3.63) is 0 Å². The van der Waals surface area contributed by atoms with Gasteiger partial charge in [-0.2, -0.15) is 0 Å². The molecule has 3 heteroatoms. The van der Waals surface area contributed by atoms with E-state index in [0.29, 0.717) is 0 Å². The Morgan fingerprint density at radius 3 is 2.21 bits per heavy atom. The molecule has 0 aromatic carbocycles. The fourth-order valence-electron chi connectivity index (χ4n) is 1.33. The van der Waals surface area contributed by atoms with E-state index in [4.69, 9.17) is 10.8 Å². The molecule has 2 unspecified atom stereocenters. The second-order valence-electron chi connectivity index (χ2n) is 5.15. The van der Waals surface area contributed by atoms with E-state index in [1.54, 1.807) is 0 Å². The van der Waals surface area contributed by atoms with Crippen molar-refractivity contribution in [1.82, 2.24) is 4.90 Å². The van der Waals surface area contributed by atoms with Crippen LogP contribution in [0.15, 0.2) is 0 Å². The van der Waals surface area contributed by atoms with Gasteiger partial charge in [-0.3, -0.25) is 0 Å². The van der Waals surface area contributed by atoms with Crippen LogP contribution in [0, 0.1) is 5.41 Å². The molecule has 0 aliphatic rings. The predicted molar refractivity (Wildman–Crippen MR) is 61.2 cm³/mol. The van der Waals surface area contributed by atoms with Gasteiger partial charge in [0.1, 0.15) is 0 Å². The number of hydrogen-bond acceptors (Lipinski definition) is 3. The molecule has 0 fully saturated rings. The summed E-state index contributed by atoms with van der Waals surface area (Å²) in [6, 6.07) is 0.191. The Morgan fingerprint density at radius 2 is 1.86 bits per heavy atom. The first-order chi connectivity index (χ1) is 6.25. The molecule has 0 amide bonds. The molecular weight excluding hydrogens is 176 g/mol. The molecule has 14 heavy (non-hydrogen) atoms. The molecule has 0 saturated heterocycles. The summed E-state index contributed by atoms with van der Waals surface area (Å²) in [4.78, 5) is 2.23. The van der Waals surface area contributed by atoms with Crippen molar-refractivity contribution >= 4 is 0 Å². The van der Waals surface area contributed by atoms with E-state index >= 15 is 0 Å². The maximum absolute atomic E-state index is 9.16. The summed E-state index contributed by atoms with van der Waals surface area (Å²) < 4.78 is 0. The summed E-state index contributed by atoms with van der Waals surface area (Å²) in [6.07, 6.45) is 0.613. The minimum Gasteiger partial charge on any atom is -0.393 e. The highest BCUT2D eigenvalue weighted by atomic mass is 16.3. The van der Waals surface area contributed by atoms with Crippen LogP contribution >= 0.6 is 0 Å². The summed E-state index contributed by atoms with van der Waals surface area (Å²) in [7, 11) is 2.08. The Labute approximate surface area is 88.3 Å². The fraction of sp³-hybridized carbons (Fsp3) is 1.00. The van der Waals surface area contributed by atoms with Crippen molar-refractivity contribution in [2.45, 2.75) is 46.3 Å². The monoisotopic (exact) mass is 202 g/mol. The van der Waals surface area contributed by atoms with Crippen molar-refractivity contribution in [1.29, 1.82) is 0 Å². The second-order valence-corrected chi connectivity index (χ2v) is 5.15. The van der Waals surface area contributed by atoms with Gasteiger partial charge in [0.15, 0.2) is 0 Å². The van der Waals surface area contributed by atoms with Crippen molar-refractivity contribution in [3.63, 3.8) is 0 Å². The predicted octanol–water partition coefficient (Wildman–Crippen LogP) is 1.06. The summed E-state index contributed by atoms with van der Waals surface area (Å²) in [6.45, 7) is 10.1. The van der Waals surface area contributed by atoms with E-state index in [1.807, 2.05) is 13.8 Å². The number of aliphatic hydroxyl groups excluding tert-OH is 1. The lowest BCUT2D eigenvalue weighted by Gasteiger charge is -2.33. The van der Waals surface area contributed by atoms with Gasteiger partial charge in [-0.15, -0.1) is 0 Å².